The molecule has 3 atom stereocenters. The number of benzene rings is 1. The van der Waals surface area contributed by atoms with Crippen LogP contribution in [-0.4, -0.2) is 42.8 Å². The molecule has 3 N–H and O–H groups in total. The Kier molecular flexibility index (Phi) is 4.58. The second-order valence-corrected chi connectivity index (χ2v) is 7.11. The molecule has 1 saturated carbocycles. The van der Waals surface area contributed by atoms with Crippen LogP contribution in [0.5, 0.6) is 0 Å². The number of amides is 2. The Labute approximate surface area is 147 Å². The van der Waals surface area contributed by atoms with Crippen molar-refractivity contribution in [1.82, 2.24) is 10.2 Å². The minimum absolute atomic E-state index is 0.0893. The molecule has 1 unspecified atom stereocenters. The van der Waals surface area contributed by atoms with E-state index in [4.69, 9.17) is 5.73 Å². The standard InChI is InChI=1S/C17H19F4N3O2/c1-8(14(20)21)15(25)23-6-17-4-9(17)5-24(7-17)16(26)12-10(18)2-3-11(19)13(12)22/h2-3,8-9,14H,4-7,22H2,1H3,(H,23,25)/t8?,9-,17-/m1/s1. The fraction of sp³-hybridized carbons (Fsp3) is 0.529. The summed E-state index contributed by atoms with van der Waals surface area (Å²) < 4.78 is 52.6. The number of carbonyl (C=O) groups excluding carboxylic acids is 2. The summed E-state index contributed by atoms with van der Waals surface area (Å²) in [6, 6.07) is 1.70. The molecule has 3 rings (SSSR count). The van der Waals surface area contributed by atoms with Crippen molar-refractivity contribution in [2.24, 2.45) is 17.3 Å². The van der Waals surface area contributed by atoms with E-state index < -0.39 is 52.5 Å². The van der Waals surface area contributed by atoms with E-state index in [-0.39, 0.29) is 19.0 Å². The summed E-state index contributed by atoms with van der Waals surface area (Å²) in [4.78, 5) is 25.6. The van der Waals surface area contributed by atoms with Crippen molar-refractivity contribution in [2.45, 2.75) is 19.8 Å². The Hall–Kier alpha value is -2.32. The summed E-state index contributed by atoms with van der Waals surface area (Å²) in [5.74, 6) is -4.55. The number of rotatable bonds is 5. The second-order valence-electron chi connectivity index (χ2n) is 7.11. The highest BCUT2D eigenvalue weighted by Gasteiger charge is 2.60. The summed E-state index contributed by atoms with van der Waals surface area (Å²) in [5.41, 5.74) is 4.06. The number of nitrogens with two attached hydrogens (primary N) is 1. The number of nitrogens with one attached hydrogen (secondary N) is 1. The van der Waals surface area contributed by atoms with Crippen molar-refractivity contribution in [3.63, 3.8) is 0 Å². The monoisotopic (exact) mass is 373 g/mol. The average molecular weight is 373 g/mol. The van der Waals surface area contributed by atoms with Gasteiger partial charge >= 0.3 is 0 Å². The number of nitrogens with zero attached hydrogens (tertiary/aromatic N) is 1. The number of carbonyl (C=O) groups is 2. The molecule has 142 valence electrons. The number of likely N-dealkylation sites (tertiary alicyclic amines) is 1. The maximum atomic E-state index is 13.9. The Morgan fingerprint density at radius 3 is 2.65 bits per heavy atom. The van der Waals surface area contributed by atoms with Crippen LogP contribution in [0.3, 0.4) is 0 Å². The molecule has 1 aliphatic carbocycles. The summed E-state index contributed by atoms with van der Waals surface area (Å²) in [6.07, 6.45) is -2.01. The molecule has 0 bridgehead atoms. The number of alkyl halides is 2. The first-order chi connectivity index (χ1) is 12.2. The van der Waals surface area contributed by atoms with Crippen molar-refractivity contribution in [1.29, 1.82) is 0 Å². The van der Waals surface area contributed by atoms with E-state index in [0.29, 0.717) is 6.54 Å². The van der Waals surface area contributed by atoms with Crippen LogP contribution in [0.15, 0.2) is 12.1 Å². The number of anilines is 1. The molecular formula is C17H19F4N3O2. The molecule has 2 amide bonds. The lowest BCUT2D eigenvalue weighted by atomic mass is 10.1. The van der Waals surface area contributed by atoms with Gasteiger partial charge in [-0.1, -0.05) is 0 Å². The molecule has 0 spiro atoms. The fourth-order valence-electron chi connectivity index (χ4n) is 3.50. The molecule has 1 aromatic rings. The van der Waals surface area contributed by atoms with Gasteiger partial charge in [0.1, 0.15) is 17.2 Å². The number of halogens is 4. The van der Waals surface area contributed by atoms with E-state index >= 15 is 0 Å². The molecule has 9 heteroatoms. The summed E-state index contributed by atoms with van der Waals surface area (Å²) in [6.45, 7) is 1.87. The second kappa shape index (κ2) is 6.44. The average Bonchev–Trinajstić information content (AvgIpc) is 3.15. The smallest absolute Gasteiger partial charge is 0.259 e. The topological polar surface area (TPSA) is 75.4 Å². The van der Waals surface area contributed by atoms with Crippen molar-refractivity contribution in [2.75, 3.05) is 25.4 Å². The van der Waals surface area contributed by atoms with Gasteiger partial charge in [-0.15, -0.1) is 0 Å². The molecule has 2 aliphatic rings. The van der Waals surface area contributed by atoms with Crippen LogP contribution in [0.4, 0.5) is 23.2 Å². The lowest BCUT2D eigenvalue weighted by Crippen LogP contribution is -2.40. The highest BCUT2D eigenvalue weighted by Crippen LogP contribution is 2.57. The predicted octanol–water partition coefficient (Wildman–Crippen LogP) is 2.03. The van der Waals surface area contributed by atoms with Gasteiger partial charge in [-0.2, -0.15) is 0 Å². The quantitative estimate of drug-likeness (QED) is 0.613. The molecule has 5 nitrogen and oxygen atoms in total. The minimum atomic E-state index is -2.75. The van der Waals surface area contributed by atoms with E-state index in [9.17, 15) is 27.2 Å². The van der Waals surface area contributed by atoms with Crippen LogP contribution in [0.25, 0.3) is 0 Å². The zero-order valence-electron chi connectivity index (χ0n) is 14.1. The molecule has 2 fully saturated rings. The van der Waals surface area contributed by atoms with Crippen LogP contribution >= 0.6 is 0 Å². The predicted molar refractivity (Wildman–Crippen MR) is 85.4 cm³/mol. The van der Waals surface area contributed by atoms with Gasteiger partial charge in [0.05, 0.1) is 11.6 Å². The molecule has 26 heavy (non-hydrogen) atoms. The Morgan fingerprint density at radius 1 is 1.35 bits per heavy atom. The van der Waals surface area contributed by atoms with Gasteiger partial charge < -0.3 is 16.0 Å². The summed E-state index contributed by atoms with van der Waals surface area (Å²) in [5, 5.41) is 2.50. The Bertz CT molecular complexity index is 758. The SMILES string of the molecule is CC(C(=O)NC[C@@]12C[C@@H]1CN(C(=O)c1c(F)ccc(F)c1N)C2)C(F)F. The minimum Gasteiger partial charge on any atom is -0.396 e. The van der Waals surface area contributed by atoms with E-state index in [1.807, 2.05) is 0 Å². The van der Waals surface area contributed by atoms with Gasteiger partial charge in [-0.25, -0.2) is 17.6 Å². The largest absolute Gasteiger partial charge is 0.396 e. The zero-order valence-corrected chi connectivity index (χ0v) is 14.1. The summed E-state index contributed by atoms with van der Waals surface area (Å²) in [7, 11) is 0. The third-order valence-corrected chi connectivity index (χ3v) is 5.35. The molecular weight excluding hydrogens is 354 g/mol. The highest BCUT2D eigenvalue weighted by molar-refractivity contribution is 5.99. The fourth-order valence-corrected chi connectivity index (χ4v) is 3.50. The van der Waals surface area contributed by atoms with E-state index in [1.165, 1.54) is 4.90 Å². The molecule has 1 aromatic carbocycles. The van der Waals surface area contributed by atoms with Crippen LogP contribution in [-0.2, 0) is 4.79 Å². The Balaban J connectivity index is 1.66. The molecule has 1 saturated heterocycles. The van der Waals surface area contributed by atoms with Gasteiger partial charge in [-0.3, -0.25) is 9.59 Å². The maximum Gasteiger partial charge on any atom is 0.259 e. The first-order valence-corrected chi connectivity index (χ1v) is 8.25. The van der Waals surface area contributed by atoms with E-state index in [0.717, 1.165) is 25.5 Å². The zero-order chi connectivity index (χ0) is 19.2. The normalized spacial score (nSPS) is 25.2. The van der Waals surface area contributed by atoms with Crippen molar-refractivity contribution in [3.8, 4) is 0 Å². The first-order valence-electron chi connectivity index (χ1n) is 8.25. The number of piperidine rings is 1. The van der Waals surface area contributed by atoms with Crippen LogP contribution < -0.4 is 11.1 Å². The molecule has 1 heterocycles. The Morgan fingerprint density at radius 2 is 2.00 bits per heavy atom. The lowest BCUT2D eigenvalue weighted by molar-refractivity contribution is -0.129. The van der Waals surface area contributed by atoms with Crippen LogP contribution in [0.1, 0.15) is 23.7 Å². The maximum absolute atomic E-state index is 13.9. The first kappa shape index (κ1) is 18.5. The molecule has 0 aromatic heterocycles. The van der Waals surface area contributed by atoms with E-state index in [2.05, 4.69) is 5.32 Å². The van der Waals surface area contributed by atoms with Crippen molar-refractivity contribution in [3.05, 3.63) is 29.3 Å². The number of nitrogen functional groups attached to an aromatic ring is 1. The number of hydrogen-bond donors (Lipinski definition) is 2. The van der Waals surface area contributed by atoms with Gasteiger partial charge in [0, 0.05) is 25.0 Å². The van der Waals surface area contributed by atoms with Gasteiger partial charge in [-0.05, 0) is 31.4 Å². The van der Waals surface area contributed by atoms with Gasteiger partial charge in [0.25, 0.3) is 5.91 Å². The van der Waals surface area contributed by atoms with Crippen molar-refractivity contribution < 1.29 is 27.2 Å². The van der Waals surface area contributed by atoms with Crippen molar-refractivity contribution >= 4 is 17.5 Å². The summed E-state index contributed by atoms with van der Waals surface area (Å²) >= 11 is 0. The third kappa shape index (κ3) is 3.10. The highest BCUT2D eigenvalue weighted by atomic mass is 19.3. The van der Waals surface area contributed by atoms with Crippen LogP contribution in [0.2, 0.25) is 0 Å². The van der Waals surface area contributed by atoms with Gasteiger partial charge in [0.2, 0.25) is 12.3 Å². The number of fused-ring (bicyclic) bond motifs is 1. The van der Waals surface area contributed by atoms with Crippen LogP contribution in [0, 0.1) is 28.9 Å². The van der Waals surface area contributed by atoms with Gasteiger partial charge in [0.15, 0.2) is 0 Å². The van der Waals surface area contributed by atoms with E-state index in [1.54, 1.807) is 0 Å². The third-order valence-electron chi connectivity index (χ3n) is 5.35. The lowest BCUT2D eigenvalue weighted by Gasteiger charge is -2.23. The number of hydrogen-bond acceptors (Lipinski definition) is 3. The molecule has 1 aliphatic heterocycles. The molecule has 0 radical (unpaired) electrons.